The molecule has 3 nitrogen and oxygen atoms in total. The zero-order valence-corrected chi connectivity index (χ0v) is 10.8. The minimum Gasteiger partial charge on any atom is -0.245 e. The first kappa shape index (κ1) is 11.4. The summed E-state index contributed by atoms with van der Waals surface area (Å²) in [6.07, 6.45) is 1.85. The quantitative estimate of drug-likeness (QED) is 0.744. The van der Waals surface area contributed by atoms with Gasteiger partial charge in [-0.05, 0) is 31.4 Å². The van der Waals surface area contributed by atoms with Gasteiger partial charge < -0.3 is 0 Å². The van der Waals surface area contributed by atoms with Gasteiger partial charge in [-0.25, -0.2) is 9.67 Å². The van der Waals surface area contributed by atoms with Gasteiger partial charge in [-0.2, -0.15) is 5.10 Å². The molecule has 4 heteroatoms. The van der Waals surface area contributed by atoms with Crippen molar-refractivity contribution in [2.75, 3.05) is 0 Å². The number of hydrogen-bond donors (Lipinski definition) is 0. The molecule has 86 valence electrons. The van der Waals surface area contributed by atoms with Gasteiger partial charge in [0.15, 0.2) is 5.65 Å². The number of hydrogen-bond acceptors (Lipinski definition) is 2. The number of rotatable bonds is 2. The average molecular weight is 238 g/mol. The Morgan fingerprint density at radius 3 is 2.50 bits per heavy atom. The summed E-state index contributed by atoms with van der Waals surface area (Å²) in [4.78, 5) is 4.44. The molecule has 0 saturated carbocycles. The molecule has 0 fully saturated rings. The van der Waals surface area contributed by atoms with Gasteiger partial charge in [-0.1, -0.05) is 25.4 Å². The fourth-order valence-corrected chi connectivity index (χ4v) is 2.11. The lowest BCUT2D eigenvalue weighted by Crippen LogP contribution is -2.04. The van der Waals surface area contributed by atoms with E-state index in [1.165, 1.54) is 0 Å². The van der Waals surface area contributed by atoms with Crippen molar-refractivity contribution in [1.29, 1.82) is 0 Å². The molecule has 0 spiro atoms. The van der Waals surface area contributed by atoms with Crippen LogP contribution in [0.4, 0.5) is 0 Å². The molecule has 2 heterocycles. The van der Waals surface area contributed by atoms with Crippen LogP contribution in [0.3, 0.4) is 0 Å². The third-order valence-electron chi connectivity index (χ3n) is 2.66. The molecule has 2 rings (SSSR count). The molecule has 2 aromatic rings. The van der Waals surface area contributed by atoms with E-state index in [9.17, 15) is 0 Å². The molecule has 0 aromatic carbocycles. The van der Waals surface area contributed by atoms with Crippen molar-refractivity contribution in [3.8, 4) is 0 Å². The van der Waals surface area contributed by atoms with Gasteiger partial charge in [-0.3, -0.25) is 0 Å². The first-order chi connectivity index (χ1) is 7.50. The van der Waals surface area contributed by atoms with Crippen LogP contribution in [0, 0.1) is 0 Å². The molecule has 16 heavy (non-hydrogen) atoms. The van der Waals surface area contributed by atoms with Crippen molar-refractivity contribution >= 4 is 22.6 Å². The van der Waals surface area contributed by atoms with Gasteiger partial charge >= 0.3 is 0 Å². The van der Waals surface area contributed by atoms with E-state index in [4.69, 9.17) is 11.6 Å². The predicted molar refractivity (Wildman–Crippen MR) is 67.0 cm³/mol. The molecule has 0 atom stereocenters. The number of aromatic nitrogens is 3. The van der Waals surface area contributed by atoms with Crippen molar-refractivity contribution in [1.82, 2.24) is 14.8 Å². The van der Waals surface area contributed by atoms with Crippen LogP contribution in [-0.4, -0.2) is 14.8 Å². The Labute approximate surface area is 100 Å². The Balaban J connectivity index is 2.66. The monoisotopic (exact) mass is 237 g/mol. The highest BCUT2D eigenvalue weighted by molar-refractivity contribution is 6.30. The van der Waals surface area contributed by atoms with Crippen LogP contribution in [-0.2, 0) is 0 Å². The molecule has 0 aliphatic rings. The van der Waals surface area contributed by atoms with Gasteiger partial charge in [-0.15, -0.1) is 0 Å². The zero-order valence-electron chi connectivity index (χ0n) is 10.0. The average Bonchev–Trinajstić information content (AvgIpc) is 2.58. The highest BCUT2D eigenvalue weighted by atomic mass is 35.5. The molecule has 0 bridgehead atoms. The maximum atomic E-state index is 6.18. The standard InChI is InChI=1S/C12H16ClN3/c1-7(2)10-5-9-6-14-16(8(3)4)12(9)15-11(10)13/h5-8H,1-4H3. The van der Waals surface area contributed by atoms with Crippen molar-refractivity contribution in [3.05, 3.63) is 23.0 Å². The predicted octanol–water partition coefficient (Wildman–Crippen LogP) is 3.79. The lowest BCUT2D eigenvalue weighted by Gasteiger charge is -2.09. The van der Waals surface area contributed by atoms with Crippen LogP contribution in [0.25, 0.3) is 11.0 Å². The molecular formula is C12H16ClN3. The summed E-state index contributed by atoms with van der Waals surface area (Å²) in [5.74, 6) is 0.381. The molecule has 0 aliphatic carbocycles. The SMILES string of the molecule is CC(C)c1cc2cnn(C(C)C)c2nc1Cl. The van der Waals surface area contributed by atoms with Crippen molar-refractivity contribution in [3.63, 3.8) is 0 Å². The Morgan fingerprint density at radius 2 is 1.94 bits per heavy atom. The van der Waals surface area contributed by atoms with Gasteiger partial charge in [0.05, 0.1) is 6.20 Å². The number of fused-ring (bicyclic) bond motifs is 1. The fraction of sp³-hybridized carbons (Fsp3) is 0.500. The number of nitrogens with zero attached hydrogens (tertiary/aromatic N) is 3. The molecule has 0 N–H and O–H groups in total. The summed E-state index contributed by atoms with van der Waals surface area (Å²) in [5.41, 5.74) is 1.95. The second-order valence-electron chi connectivity index (χ2n) is 4.62. The van der Waals surface area contributed by atoms with E-state index < -0.39 is 0 Å². The maximum Gasteiger partial charge on any atom is 0.159 e. The van der Waals surface area contributed by atoms with Crippen LogP contribution >= 0.6 is 11.6 Å². The van der Waals surface area contributed by atoms with Crippen molar-refractivity contribution < 1.29 is 0 Å². The Bertz CT molecular complexity index is 514. The highest BCUT2D eigenvalue weighted by Crippen LogP contribution is 2.27. The summed E-state index contributed by atoms with van der Waals surface area (Å²) in [5, 5.41) is 5.98. The summed E-state index contributed by atoms with van der Waals surface area (Å²) >= 11 is 6.18. The minimum atomic E-state index is 0.297. The maximum absolute atomic E-state index is 6.18. The summed E-state index contributed by atoms with van der Waals surface area (Å²) < 4.78 is 1.89. The van der Waals surface area contributed by atoms with E-state index in [1.807, 2.05) is 10.9 Å². The lowest BCUT2D eigenvalue weighted by atomic mass is 10.1. The van der Waals surface area contributed by atoms with Crippen LogP contribution in [0.15, 0.2) is 12.3 Å². The molecule has 0 unspecified atom stereocenters. The first-order valence-electron chi connectivity index (χ1n) is 5.54. The fourth-order valence-electron chi connectivity index (χ4n) is 1.75. The normalized spacial score (nSPS) is 11.9. The van der Waals surface area contributed by atoms with E-state index in [2.05, 4.69) is 43.8 Å². The van der Waals surface area contributed by atoms with Crippen LogP contribution < -0.4 is 0 Å². The summed E-state index contributed by atoms with van der Waals surface area (Å²) in [6.45, 7) is 8.39. The van der Waals surface area contributed by atoms with E-state index in [1.54, 1.807) is 0 Å². The van der Waals surface area contributed by atoms with Crippen LogP contribution in [0.2, 0.25) is 5.15 Å². The van der Waals surface area contributed by atoms with E-state index in [0.29, 0.717) is 17.1 Å². The number of halogens is 1. The van der Waals surface area contributed by atoms with Gasteiger partial charge in [0.25, 0.3) is 0 Å². The lowest BCUT2D eigenvalue weighted by molar-refractivity contribution is 0.546. The molecule has 0 aliphatic heterocycles. The molecule has 0 saturated heterocycles. The molecular weight excluding hydrogens is 222 g/mol. The van der Waals surface area contributed by atoms with Gasteiger partial charge in [0.1, 0.15) is 5.15 Å². The van der Waals surface area contributed by atoms with Crippen molar-refractivity contribution in [2.45, 2.75) is 39.7 Å². The largest absolute Gasteiger partial charge is 0.245 e. The summed E-state index contributed by atoms with van der Waals surface area (Å²) in [6, 6.07) is 2.38. The minimum absolute atomic E-state index is 0.297. The molecule has 0 radical (unpaired) electrons. The third-order valence-corrected chi connectivity index (χ3v) is 2.96. The Kier molecular flexibility index (Phi) is 2.89. The van der Waals surface area contributed by atoms with E-state index in [-0.39, 0.29) is 0 Å². The molecule has 0 amide bonds. The van der Waals surface area contributed by atoms with E-state index in [0.717, 1.165) is 16.6 Å². The molecule has 2 aromatic heterocycles. The zero-order chi connectivity index (χ0) is 11.9. The Morgan fingerprint density at radius 1 is 1.25 bits per heavy atom. The van der Waals surface area contributed by atoms with E-state index >= 15 is 0 Å². The number of pyridine rings is 1. The van der Waals surface area contributed by atoms with Crippen molar-refractivity contribution in [2.24, 2.45) is 0 Å². The van der Waals surface area contributed by atoms with Gasteiger partial charge in [0.2, 0.25) is 0 Å². The summed E-state index contributed by atoms with van der Waals surface area (Å²) in [7, 11) is 0. The van der Waals surface area contributed by atoms with Crippen LogP contribution in [0.1, 0.15) is 45.2 Å². The smallest absolute Gasteiger partial charge is 0.159 e. The Hall–Kier alpha value is -1.09. The third kappa shape index (κ3) is 1.80. The second-order valence-corrected chi connectivity index (χ2v) is 4.98. The van der Waals surface area contributed by atoms with Crippen LogP contribution in [0.5, 0.6) is 0 Å². The highest BCUT2D eigenvalue weighted by Gasteiger charge is 2.13. The topological polar surface area (TPSA) is 30.7 Å². The first-order valence-corrected chi connectivity index (χ1v) is 5.92. The van der Waals surface area contributed by atoms with Gasteiger partial charge in [0, 0.05) is 11.4 Å². The second kappa shape index (κ2) is 4.06.